The Hall–Kier alpha value is -3.55. The average Bonchev–Trinajstić information content (AvgIpc) is 3.45. The summed E-state index contributed by atoms with van der Waals surface area (Å²) in [5, 5.41) is 19.5. The van der Waals surface area contributed by atoms with E-state index in [0.717, 1.165) is 35.6 Å². The molecule has 0 bridgehead atoms. The maximum absolute atomic E-state index is 4.41. The quantitative estimate of drug-likeness (QED) is 0.474. The number of aryl methyl sites for hydroxylation is 1. The van der Waals surface area contributed by atoms with Crippen LogP contribution in [0.2, 0.25) is 0 Å². The molecule has 1 N–H and O–H groups in total. The summed E-state index contributed by atoms with van der Waals surface area (Å²) in [5.41, 5.74) is 4.26. The fraction of sp³-hybridized carbons (Fsp3) is 0.318. The highest BCUT2D eigenvalue weighted by molar-refractivity contribution is 5.64. The molecule has 154 valence electrons. The molecule has 0 spiro atoms. The van der Waals surface area contributed by atoms with E-state index >= 15 is 0 Å². The van der Waals surface area contributed by atoms with Crippen molar-refractivity contribution in [1.29, 1.82) is 0 Å². The SMILES string of the molecule is CCC(CC)C(c1ccc(Nc2ccc(-c3nnnn3C)cc2)cc1)n1cncn1. The molecule has 0 saturated carbocycles. The first kappa shape index (κ1) is 19.8. The Morgan fingerprint density at radius 1 is 0.933 bits per heavy atom. The summed E-state index contributed by atoms with van der Waals surface area (Å²) in [7, 11) is 1.83. The second kappa shape index (κ2) is 8.86. The van der Waals surface area contributed by atoms with Crippen molar-refractivity contribution < 1.29 is 0 Å². The van der Waals surface area contributed by atoms with Gasteiger partial charge in [-0.3, -0.25) is 0 Å². The van der Waals surface area contributed by atoms with Gasteiger partial charge in [0.15, 0.2) is 5.82 Å². The molecule has 0 aliphatic carbocycles. The number of tetrazole rings is 1. The van der Waals surface area contributed by atoms with Crippen molar-refractivity contribution in [3.05, 3.63) is 66.7 Å². The summed E-state index contributed by atoms with van der Waals surface area (Å²) in [6.07, 6.45) is 5.60. The smallest absolute Gasteiger partial charge is 0.181 e. The number of rotatable bonds is 8. The molecule has 8 heteroatoms. The molecule has 2 heterocycles. The average molecular weight is 403 g/mol. The van der Waals surface area contributed by atoms with Crippen LogP contribution in [0.5, 0.6) is 0 Å². The van der Waals surface area contributed by atoms with E-state index in [2.05, 4.69) is 69.0 Å². The summed E-state index contributed by atoms with van der Waals surface area (Å²) >= 11 is 0. The van der Waals surface area contributed by atoms with Crippen molar-refractivity contribution >= 4 is 11.4 Å². The molecule has 1 unspecified atom stereocenters. The second-order valence-corrected chi connectivity index (χ2v) is 7.35. The van der Waals surface area contributed by atoms with Crippen LogP contribution in [0.15, 0.2) is 61.2 Å². The number of nitrogens with one attached hydrogen (secondary N) is 1. The van der Waals surface area contributed by atoms with Crippen LogP contribution in [0.1, 0.15) is 38.3 Å². The fourth-order valence-electron chi connectivity index (χ4n) is 3.84. The molecule has 0 amide bonds. The van der Waals surface area contributed by atoms with Gasteiger partial charge in [-0.25, -0.2) is 14.3 Å². The molecule has 4 rings (SSSR count). The molecule has 8 nitrogen and oxygen atoms in total. The molecule has 4 aromatic rings. The molecular formula is C22H26N8. The van der Waals surface area contributed by atoms with Gasteiger partial charge in [-0.2, -0.15) is 5.10 Å². The van der Waals surface area contributed by atoms with Gasteiger partial charge < -0.3 is 5.32 Å². The van der Waals surface area contributed by atoms with E-state index in [1.54, 1.807) is 11.0 Å². The minimum atomic E-state index is 0.191. The van der Waals surface area contributed by atoms with Crippen molar-refractivity contribution in [1.82, 2.24) is 35.0 Å². The third kappa shape index (κ3) is 4.07. The number of hydrogen-bond acceptors (Lipinski definition) is 6. The Balaban J connectivity index is 1.51. The largest absolute Gasteiger partial charge is 0.356 e. The predicted octanol–water partition coefficient (Wildman–Crippen LogP) is 4.24. The minimum Gasteiger partial charge on any atom is -0.356 e. The zero-order chi connectivity index (χ0) is 20.9. The van der Waals surface area contributed by atoms with Crippen LogP contribution in [0.4, 0.5) is 11.4 Å². The maximum Gasteiger partial charge on any atom is 0.181 e. The topological polar surface area (TPSA) is 86.3 Å². The van der Waals surface area contributed by atoms with Crippen molar-refractivity contribution in [2.45, 2.75) is 32.7 Å². The van der Waals surface area contributed by atoms with Crippen LogP contribution < -0.4 is 5.32 Å². The maximum atomic E-state index is 4.41. The summed E-state index contributed by atoms with van der Waals surface area (Å²) in [5.74, 6) is 1.25. The first-order chi connectivity index (χ1) is 14.7. The van der Waals surface area contributed by atoms with E-state index in [4.69, 9.17) is 0 Å². The van der Waals surface area contributed by atoms with Crippen molar-refractivity contribution in [2.24, 2.45) is 13.0 Å². The molecule has 0 radical (unpaired) electrons. The normalized spacial score (nSPS) is 12.3. The number of benzene rings is 2. The van der Waals surface area contributed by atoms with Crippen LogP contribution in [0, 0.1) is 5.92 Å². The summed E-state index contributed by atoms with van der Waals surface area (Å²) in [6.45, 7) is 4.46. The zero-order valence-corrected chi connectivity index (χ0v) is 17.5. The minimum absolute atomic E-state index is 0.191. The van der Waals surface area contributed by atoms with Gasteiger partial charge in [-0.05, 0) is 58.3 Å². The van der Waals surface area contributed by atoms with Gasteiger partial charge >= 0.3 is 0 Å². The molecule has 2 aromatic carbocycles. The lowest BCUT2D eigenvalue weighted by Gasteiger charge is -2.26. The van der Waals surface area contributed by atoms with Gasteiger partial charge in [0.2, 0.25) is 0 Å². The Bertz CT molecular complexity index is 1050. The lowest BCUT2D eigenvalue weighted by atomic mass is 9.89. The molecule has 30 heavy (non-hydrogen) atoms. The third-order valence-corrected chi connectivity index (χ3v) is 5.52. The Kier molecular flexibility index (Phi) is 5.83. The Morgan fingerprint density at radius 3 is 2.13 bits per heavy atom. The van der Waals surface area contributed by atoms with Gasteiger partial charge in [-0.15, -0.1) is 5.10 Å². The van der Waals surface area contributed by atoms with Crippen LogP contribution in [0.25, 0.3) is 11.4 Å². The van der Waals surface area contributed by atoms with Gasteiger partial charge in [0.1, 0.15) is 12.7 Å². The molecule has 2 aromatic heterocycles. The number of nitrogens with zero attached hydrogens (tertiary/aromatic N) is 7. The standard InChI is InChI=1S/C22H26N8/c1-4-16(5-2)21(30-15-23-14-24-30)17-6-10-19(11-7-17)25-20-12-8-18(9-13-20)22-26-27-28-29(22)3/h6-16,21,25H,4-5H2,1-3H3. The number of aromatic nitrogens is 7. The predicted molar refractivity (Wildman–Crippen MR) is 116 cm³/mol. The highest BCUT2D eigenvalue weighted by Gasteiger charge is 2.23. The van der Waals surface area contributed by atoms with E-state index in [1.165, 1.54) is 5.56 Å². The van der Waals surface area contributed by atoms with E-state index in [0.29, 0.717) is 5.92 Å². The van der Waals surface area contributed by atoms with E-state index in [9.17, 15) is 0 Å². The highest BCUT2D eigenvalue weighted by atomic mass is 15.5. The summed E-state index contributed by atoms with van der Waals surface area (Å²) in [6, 6.07) is 16.8. The van der Waals surface area contributed by atoms with Gasteiger partial charge in [0, 0.05) is 24.0 Å². The zero-order valence-electron chi connectivity index (χ0n) is 17.5. The first-order valence-corrected chi connectivity index (χ1v) is 10.2. The molecule has 0 fully saturated rings. The number of hydrogen-bond donors (Lipinski definition) is 1. The Labute approximate surface area is 176 Å². The van der Waals surface area contributed by atoms with Gasteiger partial charge in [0.25, 0.3) is 0 Å². The Morgan fingerprint density at radius 2 is 1.60 bits per heavy atom. The summed E-state index contributed by atoms with van der Waals surface area (Å²) in [4.78, 5) is 4.15. The van der Waals surface area contributed by atoms with E-state index in [1.807, 2.05) is 42.3 Å². The summed E-state index contributed by atoms with van der Waals surface area (Å²) < 4.78 is 3.63. The van der Waals surface area contributed by atoms with Crippen molar-refractivity contribution in [2.75, 3.05) is 5.32 Å². The molecule has 1 atom stereocenters. The molecular weight excluding hydrogens is 376 g/mol. The number of anilines is 2. The molecule has 0 saturated heterocycles. The monoisotopic (exact) mass is 402 g/mol. The highest BCUT2D eigenvalue weighted by Crippen LogP contribution is 2.31. The first-order valence-electron chi connectivity index (χ1n) is 10.2. The van der Waals surface area contributed by atoms with Crippen LogP contribution in [-0.4, -0.2) is 35.0 Å². The lowest BCUT2D eigenvalue weighted by Crippen LogP contribution is -2.20. The van der Waals surface area contributed by atoms with E-state index < -0.39 is 0 Å². The lowest BCUT2D eigenvalue weighted by molar-refractivity contribution is 0.332. The molecule has 0 aliphatic rings. The van der Waals surface area contributed by atoms with Crippen LogP contribution >= 0.6 is 0 Å². The molecule has 0 aliphatic heterocycles. The fourth-order valence-corrected chi connectivity index (χ4v) is 3.84. The van der Waals surface area contributed by atoms with Gasteiger partial charge in [-0.1, -0.05) is 38.8 Å². The van der Waals surface area contributed by atoms with Crippen molar-refractivity contribution in [3.8, 4) is 11.4 Å². The van der Waals surface area contributed by atoms with E-state index in [-0.39, 0.29) is 6.04 Å². The van der Waals surface area contributed by atoms with Crippen molar-refractivity contribution in [3.63, 3.8) is 0 Å². The van der Waals surface area contributed by atoms with Crippen LogP contribution in [0.3, 0.4) is 0 Å². The van der Waals surface area contributed by atoms with Gasteiger partial charge in [0.05, 0.1) is 6.04 Å². The van der Waals surface area contributed by atoms with Crippen LogP contribution in [-0.2, 0) is 7.05 Å². The second-order valence-electron chi connectivity index (χ2n) is 7.35. The third-order valence-electron chi connectivity index (χ3n) is 5.52.